The van der Waals surface area contributed by atoms with Crippen LogP contribution in [0.2, 0.25) is 5.02 Å². The second kappa shape index (κ2) is 7.05. The topological polar surface area (TPSA) is 72.6 Å². The van der Waals surface area contributed by atoms with Crippen LogP contribution in [0.25, 0.3) is 11.3 Å². The minimum Gasteiger partial charge on any atom is -0.460 e. The molecule has 1 aromatic carbocycles. The maximum Gasteiger partial charge on any atom is 0.361 e. The van der Waals surface area contributed by atoms with Crippen LogP contribution < -0.4 is 0 Å². The lowest BCUT2D eigenvalue weighted by atomic mass is 10.1. The van der Waals surface area contributed by atoms with Gasteiger partial charge in [0.25, 0.3) is 0 Å². The number of rotatable bonds is 5. The van der Waals surface area contributed by atoms with Crippen molar-refractivity contribution in [2.75, 3.05) is 19.7 Å². The molecule has 0 bridgehead atoms. The van der Waals surface area contributed by atoms with Gasteiger partial charge in [-0.1, -0.05) is 23.7 Å². The summed E-state index contributed by atoms with van der Waals surface area (Å²) < 4.78 is 10.6. The molecule has 0 N–H and O–H groups in total. The van der Waals surface area contributed by atoms with Crippen LogP contribution in [0.1, 0.15) is 23.8 Å². The van der Waals surface area contributed by atoms with Crippen molar-refractivity contribution in [3.05, 3.63) is 41.4 Å². The third-order valence-corrected chi connectivity index (χ3v) is 4.34. The summed E-state index contributed by atoms with van der Waals surface area (Å²) in [6.07, 6.45) is 1.59. The zero-order valence-electron chi connectivity index (χ0n) is 13.2. The van der Waals surface area contributed by atoms with Gasteiger partial charge in [-0.3, -0.25) is 4.79 Å². The number of hydrogen-bond donors (Lipinski definition) is 0. The van der Waals surface area contributed by atoms with Crippen molar-refractivity contribution in [1.29, 1.82) is 0 Å². The molecule has 1 aliphatic heterocycles. The lowest BCUT2D eigenvalue weighted by Gasteiger charge is -2.13. The molecule has 1 aliphatic rings. The Morgan fingerprint density at radius 1 is 1.46 bits per heavy atom. The normalized spacial score (nSPS) is 17.3. The number of ether oxygens (including phenoxy) is 1. The maximum absolute atomic E-state index is 12.3. The van der Waals surface area contributed by atoms with Crippen LogP contribution in [0.15, 0.2) is 35.1 Å². The molecule has 2 aromatic rings. The molecular formula is C17H17ClN2O4. The average Bonchev–Trinajstić information content (AvgIpc) is 3.19. The van der Waals surface area contributed by atoms with Crippen molar-refractivity contribution in [1.82, 2.24) is 9.88 Å². The molecule has 1 saturated heterocycles. The first-order valence-electron chi connectivity index (χ1n) is 7.73. The number of carbonyl (C=O) groups is 2. The van der Waals surface area contributed by atoms with E-state index in [0.717, 1.165) is 0 Å². The highest BCUT2D eigenvalue weighted by atomic mass is 35.5. The maximum atomic E-state index is 12.3. The summed E-state index contributed by atoms with van der Waals surface area (Å²) in [5.74, 6) is -0.196. The Morgan fingerprint density at radius 2 is 2.25 bits per heavy atom. The van der Waals surface area contributed by atoms with E-state index in [2.05, 4.69) is 4.98 Å². The number of carbonyl (C=O) groups excluding carboxylic acids is 2. The van der Waals surface area contributed by atoms with Gasteiger partial charge in [-0.05, 0) is 19.1 Å². The van der Waals surface area contributed by atoms with Gasteiger partial charge in [-0.25, -0.2) is 9.78 Å². The Hall–Kier alpha value is -2.34. The number of hydrogen-bond acceptors (Lipinski definition) is 5. The molecule has 7 heteroatoms. The standard InChI is InChI=1S/C17H17ClN2O4/c1-2-20-8-11(7-14(20)21)9-23-17(22)15-16(24-10-19-15)12-5-3-4-6-13(12)18/h3-6,10-11H,2,7-9H2,1H3/t11-/m1/s1. The van der Waals surface area contributed by atoms with E-state index in [-0.39, 0.29) is 29.9 Å². The average molecular weight is 349 g/mol. The highest BCUT2D eigenvalue weighted by Crippen LogP contribution is 2.30. The summed E-state index contributed by atoms with van der Waals surface area (Å²) in [6, 6.07) is 7.03. The molecule has 1 atom stereocenters. The number of amides is 1. The molecule has 0 radical (unpaired) electrons. The van der Waals surface area contributed by atoms with Crippen LogP contribution in [0, 0.1) is 5.92 Å². The molecule has 0 unspecified atom stereocenters. The van der Waals surface area contributed by atoms with Crippen LogP contribution in [0.4, 0.5) is 0 Å². The molecule has 6 nitrogen and oxygen atoms in total. The van der Waals surface area contributed by atoms with E-state index in [1.807, 2.05) is 6.92 Å². The molecule has 0 saturated carbocycles. The summed E-state index contributed by atoms with van der Waals surface area (Å²) in [5.41, 5.74) is 0.664. The number of esters is 1. The highest BCUT2D eigenvalue weighted by Gasteiger charge is 2.30. The first-order chi connectivity index (χ1) is 11.6. The van der Waals surface area contributed by atoms with Crippen LogP contribution in [-0.2, 0) is 9.53 Å². The van der Waals surface area contributed by atoms with Crippen LogP contribution in [0.5, 0.6) is 0 Å². The molecule has 24 heavy (non-hydrogen) atoms. The number of nitrogens with zero attached hydrogens (tertiary/aromatic N) is 2. The van der Waals surface area contributed by atoms with E-state index in [4.69, 9.17) is 20.8 Å². The van der Waals surface area contributed by atoms with Crippen molar-refractivity contribution in [2.45, 2.75) is 13.3 Å². The quantitative estimate of drug-likeness (QED) is 0.776. The third-order valence-electron chi connectivity index (χ3n) is 4.01. The fourth-order valence-corrected chi connectivity index (χ4v) is 2.98. The first kappa shape index (κ1) is 16.5. The fourth-order valence-electron chi connectivity index (χ4n) is 2.76. The minimum absolute atomic E-state index is 0.0112. The number of likely N-dealkylation sites (tertiary alicyclic amines) is 1. The van der Waals surface area contributed by atoms with E-state index in [1.165, 1.54) is 6.39 Å². The molecular weight excluding hydrogens is 332 g/mol. The Bertz CT molecular complexity index is 759. The second-order valence-electron chi connectivity index (χ2n) is 5.61. The molecule has 2 heterocycles. The van der Waals surface area contributed by atoms with E-state index in [9.17, 15) is 9.59 Å². The molecule has 0 spiro atoms. The van der Waals surface area contributed by atoms with Crippen molar-refractivity contribution < 1.29 is 18.7 Å². The molecule has 1 fully saturated rings. The van der Waals surface area contributed by atoms with Gasteiger partial charge >= 0.3 is 5.97 Å². The van der Waals surface area contributed by atoms with Gasteiger partial charge < -0.3 is 14.1 Å². The fraction of sp³-hybridized carbons (Fsp3) is 0.353. The third kappa shape index (κ3) is 3.28. The van der Waals surface area contributed by atoms with Crippen molar-refractivity contribution in [3.8, 4) is 11.3 Å². The monoisotopic (exact) mass is 348 g/mol. The largest absolute Gasteiger partial charge is 0.460 e. The predicted molar refractivity (Wildman–Crippen MR) is 87.6 cm³/mol. The zero-order valence-corrected chi connectivity index (χ0v) is 14.0. The van der Waals surface area contributed by atoms with Crippen LogP contribution >= 0.6 is 11.6 Å². The number of oxazole rings is 1. The number of benzene rings is 1. The van der Waals surface area contributed by atoms with E-state index in [1.54, 1.807) is 29.2 Å². The highest BCUT2D eigenvalue weighted by molar-refractivity contribution is 6.33. The van der Waals surface area contributed by atoms with Gasteiger partial charge in [0.15, 0.2) is 17.8 Å². The SMILES string of the molecule is CCN1C[C@H](COC(=O)c2ncoc2-c2ccccc2Cl)CC1=O. The lowest BCUT2D eigenvalue weighted by Crippen LogP contribution is -2.25. The Morgan fingerprint density at radius 3 is 2.96 bits per heavy atom. The Labute approximate surface area is 144 Å². The Balaban J connectivity index is 1.68. The van der Waals surface area contributed by atoms with Crippen molar-refractivity contribution in [2.24, 2.45) is 5.92 Å². The number of halogens is 1. The lowest BCUT2D eigenvalue weighted by molar-refractivity contribution is -0.127. The molecule has 126 valence electrons. The van der Waals surface area contributed by atoms with E-state index in [0.29, 0.717) is 30.1 Å². The van der Waals surface area contributed by atoms with Crippen LogP contribution in [-0.4, -0.2) is 41.5 Å². The van der Waals surface area contributed by atoms with Gasteiger partial charge in [0, 0.05) is 31.0 Å². The van der Waals surface area contributed by atoms with Gasteiger partial charge in [-0.2, -0.15) is 0 Å². The van der Waals surface area contributed by atoms with E-state index < -0.39 is 5.97 Å². The first-order valence-corrected chi connectivity index (χ1v) is 8.11. The van der Waals surface area contributed by atoms with Gasteiger partial charge in [0.1, 0.15) is 0 Å². The summed E-state index contributed by atoms with van der Waals surface area (Å²) >= 11 is 6.14. The van der Waals surface area contributed by atoms with Crippen molar-refractivity contribution >= 4 is 23.5 Å². The summed E-state index contributed by atoms with van der Waals surface area (Å²) in [7, 11) is 0. The molecule has 1 amide bonds. The van der Waals surface area contributed by atoms with Gasteiger partial charge in [-0.15, -0.1) is 0 Å². The Kier molecular flexibility index (Phi) is 4.85. The molecule has 0 aliphatic carbocycles. The minimum atomic E-state index is -0.582. The van der Waals surface area contributed by atoms with Crippen molar-refractivity contribution in [3.63, 3.8) is 0 Å². The molecule has 1 aromatic heterocycles. The van der Waals surface area contributed by atoms with Gasteiger partial charge in [0.2, 0.25) is 5.91 Å². The summed E-state index contributed by atoms with van der Waals surface area (Å²) in [5, 5.41) is 0.461. The van der Waals surface area contributed by atoms with Gasteiger partial charge in [0.05, 0.1) is 11.6 Å². The summed E-state index contributed by atoms with van der Waals surface area (Å²) in [4.78, 5) is 29.7. The number of aromatic nitrogens is 1. The zero-order chi connectivity index (χ0) is 17.1. The predicted octanol–water partition coefficient (Wildman–Crippen LogP) is 3.02. The molecule has 3 rings (SSSR count). The van der Waals surface area contributed by atoms with E-state index >= 15 is 0 Å². The smallest absolute Gasteiger partial charge is 0.361 e. The summed E-state index contributed by atoms with van der Waals surface area (Å²) in [6.45, 7) is 3.38. The second-order valence-corrected chi connectivity index (χ2v) is 6.02. The van der Waals surface area contributed by atoms with Crippen LogP contribution in [0.3, 0.4) is 0 Å².